The molecule has 134 valence electrons. The molecule has 6 nitrogen and oxygen atoms in total. The molecule has 25 heavy (non-hydrogen) atoms. The Hall–Kier alpha value is -2.02. The molecule has 0 amide bonds. The number of aliphatic hydroxyl groups is 1. The molecule has 3 rings (SSSR count). The smallest absolute Gasteiger partial charge is 0.394 e. The average Bonchev–Trinajstić information content (AvgIpc) is 2.86. The molecule has 1 atom stereocenters. The number of pyridine rings is 1. The van der Waals surface area contributed by atoms with Gasteiger partial charge in [-0.2, -0.15) is 18.4 Å². The van der Waals surface area contributed by atoms with Crippen LogP contribution in [0.2, 0.25) is 5.02 Å². The predicted octanol–water partition coefficient (Wildman–Crippen LogP) is 2.61. The minimum absolute atomic E-state index is 0.0347. The summed E-state index contributed by atoms with van der Waals surface area (Å²) in [5.41, 5.74) is -1.07. The van der Waals surface area contributed by atoms with Crippen molar-refractivity contribution in [2.75, 3.05) is 31.2 Å². The zero-order chi connectivity index (χ0) is 18.4. The summed E-state index contributed by atoms with van der Waals surface area (Å²) in [6.45, 7) is 1.98. The largest absolute Gasteiger partial charge is 0.434 e. The van der Waals surface area contributed by atoms with Crippen LogP contribution < -0.4 is 4.90 Å². The van der Waals surface area contributed by atoms with Crippen LogP contribution in [0.1, 0.15) is 17.0 Å². The molecule has 0 aliphatic carbocycles. The van der Waals surface area contributed by atoms with Gasteiger partial charge < -0.3 is 19.7 Å². The van der Waals surface area contributed by atoms with Gasteiger partial charge in [0.15, 0.2) is 5.69 Å². The van der Waals surface area contributed by atoms with E-state index in [0.717, 1.165) is 0 Å². The summed E-state index contributed by atoms with van der Waals surface area (Å²) in [5, 5.41) is 18.8. The molecule has 0 bridgehead atoms. The number of nitriles is 1. The number of hydrogen-bond donors (Lipinski definition) is 2. The number of anilines is 1. The molecule has 2 aromatic heterocycles. The SMILES string of the molecule is Cc1[nH]c2c(N3CCOC(CO)C3)c(C#N)c(C(F)(F)F)nc2c1Cl. The highest BCUT2D eigenvalue weighted by Crippen LogP contribution is 2.41. The summed E-state index contributed by atoms with van der Waals surface area (Å²) in [5.74, 6) is 0. The maximum atomic E-state index is 13.4. The number of H-pyrrole nitrogens is 1. The first-order valence-corrected chi connectivity index (χ1v) is 7.82. The Morgan fingerprint density at radius 2 is 2.24 bits per heavy atom. The maximum Gasteiger partial charge on any atom is 0.434 e. The number of nitrogens with zero attached hydrogens (tertiary/aromatic N) is 3. The molecule has 10 heteroatoms. The highest BCUT2D eigenvalue weighted by atomic mass is 35.5. The molecule has 0 radical (unpaired) electrons. The fourth-order valence-corrected chi connectivity index (χ4v) is 3.11. The van der Waals surface area contributed by atoms with Crippen molar-refractivity contribution in [2.24, 2.45) is 0 Å². The van der Waals surface area contributed by atoms with Crippen LogP contribution in [0.15, 0.2) is 0 Å². The van der Waals surface area contributed by atoms with E-state index >= 15 is 0 Å². The van der Waals surface area contributed by atoms with Gasteiger partial charge in [0.1, 0.15) is 17.1 Å². The number of morpholine rings is 1. The average molecular weight is 375 g/mol. The van der Waals surface area contributed by atoms with Crippen molar-refractivity contribution in [3.8, 4) is 6.07 Å². The minimum atomic E-state index is -4.80. The summed E-state index contributed by atoms with van der Waals surface area (Å²) in [7, 11) is 0. The molecular formula is C15H14ClF3N4O2. The van der Waals surface area contributed by atoms with Gasteiger partial charge in [-0.15, -0.1) is 0 Å². The Balaban J connectivity index is 2.31. The molecule has 2 aromatic rings. The van der Waals surface area contributed by atoms with E-state index in [4.69, 9.17) is 16.3 Å². The van der Waals surface area contributed by atoms with Crippen LogP contribution in [0.3, 0.4) is 0 Å². The minimum Gasteiger partial charge on any atom is -0.394 e. The summed E-state index contributed by atoms with van der Waals surface area (Å²) >= 11 is 6.10. The predicted molar refractivity (Wildman–Crippen MR) is 84.6 cm³/mol. The van der Waals surface area contributed by atoms with Gasteiger partial charge in [-0.1, -0.05) is 11.6 Å². The maximum absolute atomic E-state index is 13.4. The van der Waals surface area contributed by atoms with Crippen LogP contribution in [0.25, 0.3) is 11.0 Å². The van der Waals surface area contributed by atoms with E-state index in [9.17, 15) is 23.5 Å². The second kappa shape index (κ2) is 6.37. The Labute approximate surface area is 145 Å². The van der Waals surface area contributed by atoms with Crippen molar-refractivity contribution < 1.29 is 23.0 Å². The van der Waals surface area contributed by atoms with E-state index in [0.29, 0.717) is 5.69 Å². The van der Waals surface area contributed by atoms with E-state index < -0.39 is 23.5 Å². The first-order valence-electron chi connectivity index (χ1n) is 7.44. The molecule has 0 aromatic carbocycles. The lowest BCUT2D eigenvalue weighted by molar-refractivity contribution is -0.141. The van der Waals surface area contributed by atoms with E-state index in [-0.39, 0.29) is 48.0 Å². The van der Waals surface area contributed by atoms with Crippen LogP contribution in [0, 0.1) is 18.3 Å². The number of halogens is 4. The molecule has 2 N–H and O–H groups in total. The lowest BCUT2D eigenvalue weighted by atomic mass is 10.1. The number of ether oxygens (including phenoxy) is 1. The van der Waals surface area contributed by atoms with Crippen molar-refractivity contribution in [3.05, 3.63) is 22.0 Å². The van der Waals surface area contributed by atoms with Gasteiger partial charge in [-0.25, -0.2) is 4.98 Å². The van der Waals surface area contributed by atoms with Crippen molar-refractivity contribution in [2.45, 2.75) is 19.2 Å². The highest BCUT2D eigenvalue weighted by molar-refractivity contribution is 6.36. The number of nitrogens with one attached hydrogen (secondary N) is 1. The van der Waals surface area contributed by atoms with E-state index in [1.165, 1.54) is 0 Å². The van der Waals surface area contributed by atoms with Gasteiger partial charge in [-0.3, -0.25) is 0 Å². The van der Waals surface area contributed by atoms with Crippen molar-refractivity contribution in [1.82, 2.24) is 9.97 Å². The molecule has 3 heterocycles. The number of rotatable bonds is 2. The normalized spacial score (nSPS) is 18.6. The molecule has 0 saturated carbocycles. The summed E-state index contributed by atoms with van der Waals surface area (Å²) in [6, 6.07) is 1.63. The topological polar surface area (TPSA) is 85.2 Å². The number of aryl methyl sites for hydroxylation is 1. The van der Waals surface area contributed by atoms with Crippen LogP contribution in [0.5, 0.6) is 0 Å². The van der Waals surface area contributed by atoms with Gasteiger partial charge in [0, 0.05) is 18.8 Å². The third-order valence-electron chi connectivity index (χ3n) is 4.06. The zero-order valence-electron chi connectivity index (χ0n) is 13.1. The highest BCUT2D eigenvalue weighted by Gasteiger charge is 2.40. The van der Waals surface area contributed by atoms with Crippen molar-refractivity contribution in [1.29, 1.82) is 5.26 Å². The van der Waals surface area contributed by atoms with Crippen molar-refractivity contribution in [3.63, 3.8) is 0 Å². The zero-order valence-corrected chi connectivity index (χ0v) is 13.9. The van der Waals surface area contributed by atoms with Gasteiger partial charge >= 0.3 is 6.18 Å². The number of aliphatic hydroxyl groups excluding tert-OH is 1. The Bertz CT molecular complexity index is 859. The number of aromatic amines is 1. The molecule has 0 spiro atoms. The standard InChI is InChI=1S/C15H14ClF3N4O2/c1-7-10(16)11-12(21-7)13(23-2-3-25-8(5-23)6-24)9(4-20)14(22-11)15(17,18)19/h8,21,24H,2-3,5-6H2,1H3. The lowest BCUT2D eigenvalue weighted by Crippen LogP contribution is -2.44. The Morgan fingerprint density at radius 1 is 1.52 bits per heavy atom. The fraction of sp³-hybridized carbons (Fsp3) is 0.467. The summed E-state index contributed by atoms with van der Waals surface area (Å²) in [4.78, 5) is 8.13. The molecule has 1 fully saturated rings. The summed E-state index contributed by atoms with van der Waals surface area (Å²) in [6.07, 6.45) is -5.35. The van der Waals surface area contributed by atoms with Crippen LogP contribution in [-0.2, 0) is 10.9 Å². The van der Waals surface area contributed by atoms with Gasteiger partial charge in [-0.05, 0) is 6.92 Å². The molecule has 1 unspecified atom stereocenters. The Kier molecular flexibility index (Phi) is 4.53. The van der Waals surface area contributed by atoms with Crippen LogP contribution in [-0.4, -0.2) is 47.5 Å². The van der Waals surface area contributed by atoms with E-state index in [1.54, 1.807) is 17.9 Å². The number of aromatic nitrogens is 2. The second-order valence-corrected chi connectivity index (χ2v) is 6.08. The van der Waals surface area contributed by atoms with Crippen LogP contribution >= 0.6 is 11.6 Å². The molecule has 1 aliphatic heterocycles. The third kappa shape index (κ3) is 3.01. The van der Waals surface area contributed by atoms with Crippen molar-refractivity contribution >= 4 is 28.3 Å². The van der Waals surface area contributed by atoms with E-state index in [1.807, 2.05) is 0 Å². The lowest BCUT2D eigenvalue weighted by Gasteiger charge is -2.34. The van der Waals surface area contributed by atoms with Crippen LogP contribution in [0.4, 0.5) is 18.9 Å². The van der Waals surface area contributed by atoms with E-state index in [2.05, 4.69) is 9.97 Å². The first kappa shape index (κ1) is 17.8. The quantitative estimate of drug-likeness (QED) is 0.844. The number of hydrogen-bond acceptors (Lipinski definition) is 5. The molecule has 1 saturated heterocycles. The summed E-state index contributed by atoms with van der Waals surface area (Å²) < 4.78 is 45.7. The Morgan fingerprint density at radius 3 is 2.84 bits per heavy atom. The molecule has 1 aliphatic rings. The van der Waals surface area contributed by atoms with Gasteiger partial charge in [0.2, 0.25) is 0 Å². The van der Waals surface area contributed by atoms with Gasteiger partial charge in [0.25, 0.3) is 0 Å². The first-order chi connectivity index (χ1) is 11.8. The van der Waals surface area contributed by atoms with Gasteiger partial charge in [0.05, 0.1) is 35.5 Å². The third-order valence-corrected chi connectivity index (χ3v) is 4.52. The molecular weight excluding hydrogens is 361 g/mol. The second-order valence-electron chi connectivity index (χ2n) is 5.70. The number of alkyl halides is 3. The monoisotopic (exact) mass is 374 g/mol. The number of fused-ring (bicyclic) bond motifs is 1. The fourth-order valence-electron chi connectivity index (χ4n) is 2.93.